The summed E-state index contributed by atoms with van der Waals surface area (Å²) in [4.78, 5) is 34.9. The molecule has 24 heteroatoms. The van der Waals surface area contributed by atoms with Crippen LogP contribution in [0.1, 0.15) is 39.5 Å². The van der Waals surface area contributed by atoms with E-state index in [2.05, 4.69) is 68.5 Å². The number of ether oxygens (including phenoxy) is 6. The van der Waals surface area contributed by atoms with Crippen LogP contribution >= 0.6 is 0 Å². The Morgan fingerprint density at radius 1 is 0.459 bits per heavy atom. The van der Waals surface area contributed by atoms with Gasteiger partial charge in [-0.3, -0.25) is 29.0 Å². The van der Waals surface area contributed by atoms with Gasteiger partial charge < -0.3 is 53.5 Å². The molecule has 0 unspecified atom stereocenters. The molecule has 6 aromatic carbocycles. The number of aryl methyl sites for hydroxylation is 3. The van der Waals surface area contributed by atoms with Crippen LogP contribution in [-0.4, -0.2) is 145 Å². The van der Waals surface area contributed by atoms with Crippen molar-refractivity contribution in [2.75, 3.05) is 90.1 Å². The number of benzene rings is 6. The lowest BCUT2D eigenvalue weighted by Crippen LogP contribution is -2.29. The topological polar surface area (TPSA) is 252 Å². The third kappa shape index (κ3) is 17.2. The van der Waals surface area contributed by atoms with Gasteiger partial charge in [-0.05, 0) is 93.6 Å². The predicted molar refractivity (Wildman–Crippen MR) is 382 cm³/mol. The molecule has 24 nitrogen and oxygen atoms in total. The first-order valence-corrected chi connectivity index (χ1v) is 32.1. The van der Waals surface area contributed by atoms with E-state index in [4.69, 9.17) is 48.6 Å². The summed E-state index contributed by atoms with van der Waals surface area (Å²) >= 11 is 0. The van der Waals surface area contributed by atoms with E-state index < -0.39 is 5.60 Å². The highest BCUT2D eigenvalue weighted by atomic mass is 16.5. The molecule has 0 amide bonds. The molecule has 6 aromatic heterocycles. The van der Waals surface area contributed by atoms with E-state index in [1.165, 1.54) is 12.8 Å². The quantitative estimate of drug-likeness (QED) is 0.0504. The maximum Gasteiger partial charge on any atom is 0.124 e. The molecule has 0 spiro atoms. The van der Waals surface area contributed by atoms with Gasteiger partial charge in [0, 0.05) is 184 Å². The number of fused-ring (bicyclic) bond motifs is 3. The first-order chi connectivity index (χ1) is 47.5. The first kappa shape index (κ1) is 68.0. The lowest BCUT2D eigenvalue weighted by atomic mass is 10.0. The summed E-state index contributed by atoms with van der Waals surface area (Å²) in [6.45, 7) is 7.15. The maximum atomic E-state index is 10.4. The van der Waals surface area contributed by atoms with Crippen molar-refractivity contribution < 1.29 is 33.5 Å². The molecule has 1 aliphatic carbocycles. The molecule has 13 rings (SSSR count). The number of methoxy groups -OCH3 is 6. The van der Waals surface area contributed by atoms with Gasteiger partial charge in [0.05, 0.1) is 142 Å². The molecule has 0 bridgehead atoms. The van der Waals surface area contributed by atoms with Crippen LogP contribution in [0.2, 0.25) is 0 Å². The first-order valence-electron chi connectivity index (χ1n) is 32.1. The summed E-state index contributed by atoms with van der Waals surface area (Å²) in [5.74, 6) is 5.03. The summed E-state index contributed by atoms with van der Waals surface area (Å²) < 4.78 is 38.2. The highest BCUT2D eigenvalue weighted by molar-refractivity contribution is 5.86. The van der Waals surface area contributed by atoms with Crippen LogP contribution in [0.25, 0.3) is 66.9 Å². The van der Waals surface area contributed by atoms with Crippen LogP contribution in [0.3, 0.4) is 0 Å². The van der Waals surface area contributed by atoms with Crippen molar-refractivity contribution >= 4 is 67.2 Å². The smallest absolute Gasteiger partial charge is 0.124 e. The fraction of sp³-hybridized carbons (Fsp3) is 0.297. The lowest BCUT2D eigenvalue weighted by molar-refractivity contribution is 0.0737. The highest BCUT2D eigenvalue weighted by Gasteiger charge is 2.27. The second-order valence-corrected chi connectivity index (χ2v) is 24.3. The molecular weight excluding hydrogens is 1240 g/mol. The van der Waals surface area contributed by atoms with Crippen LogP contribution in [0, 0.1) is 17.2 Å². The fourth-order valence-corrected chi connectivity index (χ4v) is 11.0. The van der Waals surface area contributed by atoms with Crippen molar-refractivity contribution in [3.63, 3.8) is 0 Å². The molecule has 2 N–H and O–H groups in total. The van der Waals surface area contributed by atoms with Crippen LogP contribution in [-0.2, 0) is 21.1 Å². The van der Waals surface area contributed by atoms with Gasteiger partial charge in [0.1, 0.15) is 34.5 Å². The molecular formula is C74H81N17O7. The number of hydrogen-bond acceptors (Lipinski definition) is 21. The molecule has 1 fully saturated rings. The van der Waals surface area contributed by atoms with Crippen LogP contribution in [0.4, 0.5) is 34.1 Å². The molecule has 0 saturated heterocycles. The number of anilines is 6. The molecule has 0 radical (unpaired) electrons. The van der Waals surface area contributed by atoms with Crippen LogP contribution in [0.5, 0.6) is 34.5 Å². The number of rotatable bonds is 25. The Morgan fingerprint density at radius 3 is 1.12 bits per heavy atom. The predicted octanol–water partition coefficient (Wildman–Crippen LogP) is 12.6. The number of hydrogen-bond donors (Lipinski definition) is 2. The summed E-state index contributed by atoms with van der Waals surface area (Å²) in [5, 5.41) is 35.2. The standard InChI is InChI=1S/C25H27N7O2.C25H29N5O3.C24H25N5O2/c1-31-17-18(15-29-31)25-16-28-23-6-5-19(13-24(23)30-25)32(10-9-27-8-4-7-26)20-11-21(33-2)14-22(12-20)34-3;1-25(2,31)8-9-30(19-10-20(32-4)13-21(11-19)33-5)18-6-7-22-23(12-18)28-24(15-26-22)17-14-27-29(3)16-17;1-28-15-17(12-26-28)24-13-25-22-7-6-18(10-23(22)27-24)29(14-16-4-5-16)19-8-20(30-2)11-21(9-19)31-3/h5-6,11-17,27H,4,8-10H2,1-3H3;6-7,10-16,31H,8-9H2,1-5H3;6-13,15-16H,4-5,14H2,1-3H3. The number of nitrogens with one attached hydrogen (secondary N) is 1. The SMILES string of the molecule is COc1cc(OC)cc(N(CC2CC2)c2ccc3ncc(-c4cnn(C)c4)nc3c2)c1.COc1cc(OC)cc(N(CCC(C)(C)O)c2ccc3ncc(-c4cnn(C)c4)nc3c2)c1.COc1cc(OC)cc(N(CCNCCC#N)c2ccc3ncc(-c4cnn(C)c4)nc3c2)c1. The zero-order chi connectivity index (χ0) is 68.9. The largest absolute Gasteiger partial charge is 0.497 e. The van der Waals surface area contributed by atoms with Gasteiger partial charge in [0.2, 0.25) is 0 Å². The minimum atomic E-state index is -0.814. The summed E-state index contributed by atoms with van der Waals surface area (Å²) in [7, 11) is 15.5. The van der Waals surface area contributed by atoms with Gasteiger partial charge in [-0.15, -0.1) is 0 Å². The van der Waals surface area contributed by atoms with Crippen molar-refractivity contribution in [2.45, 2.75) is 45.1 Å². The van der Waals surface area contributed by atoms with Crippen molar-refractivity contribution in [1.82, 2.24) is 64.6 Å². The van der Waals surface area contributed by atoms with E-state index in [0.717, 1.165) is 119 Å². The average molecular weight is 1320 g/mol. The lowest BCUT2D eigenvalue weighted by Gasteiger charge is -2.29. The Hall–Kier alpha value is -11.4. The van der Waals surface area contributed by atoms with E-state index in [-0.39, 0.29) is 0 Å². The maximum absolute atomic E-state index is 10.4. The molecule has 504 valence electrons. The third-order valence-electron chi connectivity index (χ3n) is 16.5. The second kappa shape index (κ2) is 31.0. The molecule has 0 aliphatic heterocycles. The van der Waals surface area contributed by atoms with Gasteiger partial charge in [-0.1, -0.05) is 0 Å². The van der Waals surface area contributed by atoms with E-state index in [1.807, 2.05) is 157 Å². The van der Waals surface area contributed by atoms with Gasteiger partial charge in [0.25, 0.3) is 0 Å². The summed E-state index contributed by atoms with van der Waals surface area (Å²) in [6, 6.07) is 37.9. The Labute approximate surface area is 569 Å². The van der Waals surface area contributed by atoms with Crippen LogP contribution < -0.4 is 48.4 Å². The Morgan fingerprint density at radius 2 is 0.806 bits per heavy atom. The van der Waals surface area contributed by atoms with Crippen molar-refractivity contribution in [2.24, 2.45) is 27.1 Å². The molecule has 1 saturated carbocycles. The van der Waals surface area contributed by atoms with E-state index in [1.54, 1.807) is 87.7 Å². The highest BCUT2D eigenvalue weighted by Crippen LogP contribution is 2.41. The number of nitrogens with zero attached hydrogens (tertiary/aromatic N) is 16. The molecule has 6 heterocycles. The number of aromatic nitrogens is 12. The van der Waals surface area contributed by atoms with Crippen LogP contribution in [0.15, 0.2) is 165 Å². The summed E-state index contributed by atoms with van der Waals surface area (Å²) in [6.07, 6.45) is 20.0. The van der Waals surface area contributed by atoms with E-state index in [9.17, 15) is 5.11 Å². The molecule has 0 atom stereocenters. The zero-order valence-corrected chi connectivity index (χ0v) is 57.1. The Kier molecular flexibility index (Phi) is 21.5. The van der Waals surface area contributed by atoms with Gasteiger partial charge in [0.15, 0.2) is 0 Å². The average Bonchev–Trinajstić information content (AvgIpc) is 1.31. The fourth-order valence-electron chi connectivity index (χ4n) is 11.0. The summed E-state index contributed by atoms with van der Waals surface area (Å²) in [5.41, 5.74) is 15.0. The Bertz CT molecular complexity index is 4680. The monoisotopic (exact) mass is 1320 g/mol. The van der Waals surface area contributed by atoms with E-state index >= 15 is 0 Å². The zero-order valence-electron chi connectivity index (χ0n) is 57.1. The van der Waals surface area contributed by atoms with E-state index in [0.29, 0.717) is 67.9 Å². The van der Waals surface area contributed by atoms with Crippen molar-refractivity contribution in [3.05, 3.63) is 165 Å². The molecule has 1 aliphatic rings. The van der Waals surface area contributed by atoms with Gasteiger partial charge in [-0.2, -0.15) is 20.6 Å². The molecule has 12 aromatic rings. The number of nitriles is 1. The van der Waals surface area contributed by atoms with Gasteiger partial charge in [-0.25, -0.2) is 15.0 Å². The molecule has 98 heavy (non-hydrogen) atoms. The minimum Gasteiger partial charge on any atom is -0.497 e. The third-order valence-corrected chi connectivity index (χ3v) is 16.5. The number of aliphatic hydroxyl groups is 1. The Balaban J connectivity index is 0.000000149. The van der Waals surface area contributed by atoms with Crippen molar-refractivity contribution in [1.29, 1.82) is 5.26 Å². The van der Waals surface area contributed by atoms with Crippen molar-refractivity contribution in [3.8, 4) is 74.3 Å². The normalized spacial score (nSPS) is 11.9. The van der Waals surface area contributed by atoms with Gasteiger partial charge >= 0.3 is 0 Å². The second-order valence-electron chi connectivity index (χ2n) is 24.3. The minimum absolute atomic E-state index is 0.468.